The number of hydrogen-bond acceptors (Lipinski definition) is 2. The molecule has 0 radical (unpaired) electrons. The van der Waals surface area contributed by atoms with E-state index in [9.17, 15) is 4.79 Å². The van der Waals surface area contributed by atoms with Gasteiger partial charge in [-0.2, -0.15) is 4.59 Å². The molecule has 0 aromatic heterocycles. The first-order valence-corrected chi connectivity index (χ1v) is 6.46. The van der Waals surface area contributed by atoms with Gasteiger partial charge in [0.25, 0.3) is 0 Å². The minimum Gasteiger partial charge on any atom is -0.211 e. The Hall–Kier alpha value is 0.170. The van der Waals surface area contributed by atoms with E-state index < -0.39 is 0 Å². The fourth-order valence-corrected chi connectivity index (χ4v) is 3.14. The Morgan fingerprint density at radius 1 is 0.938 bits per heavy atom. The third-order valence-electron chi connectivity index (χ3n) is 3.76. The summed E-state index contributed by atoms with van der Waals surface area (Å²) in [6.45, 7) is 3.92. The van der Waals surface area contributed by atoms with E-state index in [0.29, 0.717) is 4.59 Å². The quantitative estimate of drug-likeness (QED) is 0.413. The molecule has 2 fully saturated rings. The Labute approximate surface area is 109 Å². The SMILES string of the molecule is Cl.O=C(Cl)[N+]1(N2CCCCC2)CCCCC1. The van der Waals surface area contributed by atoms with Crippen molar-refractivity contribution in [2.75, 3.05) is 26.2 Å². The maximum absolute atomic E-state index is 11.7. The molecule has 0 unspecified atom stereocenters. The summed E-state index contributed by atoms with van der Waals surface area (Å²) in [5.41, 5.74) is 0. The van der Waals surface area contributed by atoms with E-state index in [1.54, 1.807) is 0 Å². The molecule has 2 rings (SSSR count). The highest BCUT2D eigenvalue weighted by atomic mass is 35.5. The second kappa shape index (κ2) is 6.20. The summed E-state index contributed by atoms with van der Waals surface area (Å²) in [5.74, 6) is 0. The Morgan fingerprint density at radius 2 is 1.44 bits per heavy atom. The van der Waals surface area contributed by atoms with Crippen LogP contribution in [0.15, 0.2) is 0 Å². The monoisotopic (exact) mass is 267 g/mol. The van der Waals surface area contributed by atoms with Gasteiger partial charge in [0.15, 0.2) is 0 Å². The van der Waals surface area contributed by atoms with Crippen molar-refractivity contribution >= 4 is 29.4 Å². The van der Waals surface area contributed by atoms with E-state index in [-0.39, 0.29) is 17.8 Å². The number of nitrogens with zero attached hydrogens (tertiary/aromatic N) is 2. The molecule has 5 heteroatoms. The van der Waals surface area contributed by atoms with E-state index in [1.807, 2.05) is 0 Å². The molecule has 0 atom stereocenters. The third-order valence-corrected chi connectivity index (χ3v) is 4.07. The van der Waals surface area contributed by atoms with Crippen molar-refractivity contribution in [3.63, 3.8) is 0 Å². The molecule has 3 nitrogen and oxygen atoms in total. The minimum absolute atomic E-state index is 0. The van der Waals surface area contributed by atoms with E-state index in [0.717, 1.165) is 39.0 Å². The smallest absolute Gasteiger partial charge is 0.211 e. The van der Waals surface area contributed by atoms with Crippen LogP contribution in [0.2, 0.25) is 0 Å². The van der Waals surface area contributed by atoms with Gasteiger partial charge in [0.2, 0.25) is 0 Å². The van der Waals surface area contributed by atoms with Crippen molar-refractivity contribution in [1.82, 2.24) is 5.01 Å². The lowest BCUT2D eigenvalue weighted by molar-refractivity contribution is -0.966. The summed E-state index contributed by atoms with van der Waals surface area (Å²) >= 11 is 5.84. The number of amides is 1. The van der Waals surface area contributed by atoms with Crippen LogP contribution in [-0.4, -0.2) is 41.1 Å². The lowest BCUT2D eigenvalue weighted by Crippen LogP contribution is -2.65. The van der Waals surface area contributed by atoms with Crippen molar-refractivity contribution in [3.8, 4) is 0 Å². The number of piperidine rings is 2. The van der Waals surface area contributed by atoms with Gasteiger partial charge in [0, 0.05) is 24.7 Å². The third kappa shape index (κ3) is 2.70. The molecule has 0 aromatic rings. The molecule has 0 N–H and O–H groups in total. The van der Waals surface area contributed by atoms with Gasteiger partial charge in [-0.25, -0.2) is 4.79 Å². The van der Waals surface area contributed by atoms with Gasteiger partial charge < -0.3 is 0 Å². The van der Waals surface area contributed by atoms with Gasteiger partial charge >= 0.3 is 5.37 Å². The zero-order chi connectivity index (χ0) is 10.7. The topological polar surface area (TPSA) is 20.3 Å². The second-order valence-corrected chi connectivity index (χ2v) is 5.02. The zero-order valence-electron chi connectivity index (χ0n) is 9.66. The molecule has 2 aliphatic heterocycles. The molecule has 2 heterocycles. The van der Waals surface area contributed by atoms with Crippen LogP contribution in [0.25, 0.3) is 0 Å². The Kier molecular flexibility index (Phi) is 5.51. The molecule has 0 aliphatic carbocycles. The number of likely N-dealkylation sites (tertiary alicyclic amines) is 1. The van der Waals surface area contributed by atoms with Crippen molar-refractivity contribution < 1.29 is 9.39 Å². The fourth-order valence-electron chi connectivity index (χ4n) is 2.87. The first-order chi connectivity index (χ1) is 7.26. The van der Waals surface area contributed by atoms with Crippen molar-refractivity contribution in [1.29, 1.82) is 0 Å². The number of carbonyl (C=O) groups is 1. The minimum atomic E-state index is -0.170. The van der Waals surface area contributed by atoms with Crippen molar-refractivity contribution in [2.45, 2.75) is 38.5 Å². The molecule has 2 aliphatic rings. The van der Waals surface area contributed by atoms with Crippen LogP contribution < -0.4 is 0 Å². The van der Waals surface area contributed by atoms with Gasteiger partial charge in [-0.1, -0.05) is 6.42 Å². The zero-order valence-corrected chi connectivity index (χ0v) is 11.2. The van der Waals surface area contributed by atoms with E-state index in [4.69, 9.17) is 11.6 Å². The lowest BCUT2D eigenvalue weighted by atomic mass is 10.1. The summed E-state index contributed by atoms with van der Waals surface area (Å²) in [5, 5.41) is 2.13. The molecule has 16 heavy (non-hydrogen) atoms. The summed E-state index contributed by atoms with van der Waals surface area (Å²) in [4.78, 5) is 11.7. The van der Waals surface area contributed by atoms with Crippen molar-refractivity contribution in [2.24, 2.45) is 0 Å². The summed E-state index contributed by atoms with van der Waals surface area (Å²) in [6, 6.07) is 0. The van der Waals surface area contributed by atoms with E-state index in [1.165, 1.54) is 25.7 Å². The molecule has 94 valence electrons. The molecule has 0 aromatic carbocycles. The average Bonchev–Trinajstić information content (AvgIpc) is 2.31. The Morgan fingerprint density at radius 3 is 1.94 bits per heavy atom. The molecule has 0 spiro atoms. The second-order valence-electron chi connectivity index (χ2n) is 4.70. The van der Waals surface area contributed by atoms with Gasteiger partial charge in [-0.05, 0) is 32.1 Å². The number of quaternary nitrogens is 1. The largest absolute Gasteiger partial charge is 0.431 e. The highest BCUT2D eigenvalue weighted by Gasteiger charge is 2.43. The number of halogens is 2. The van der Waals surface area contributed by atoms with Crippen LogP contribution in [0.3, 0.4) is 0 Å². The van der Waals surface area contributed by atoms with Gasteiger partial charge in [-0.15, -0.1) is 17.4 Å². The maximum atomic E-state index is 11.7. The summed E-state index contributed by atoms with van der Waals surface area (Å²) in [7, 11) is 0. The predicted molar refractivity (Wildman–Crippen MR) is 67.8 cm³/mol. The molecule has 1 amide bonds. The highest BCUT2D eigenvalue weighted by molar-refractivity contribution is 6.60. The number of rotatable bonds is 1. The number of hydrogen-bond donors (Lipinski definition) is 0. The lowest BCUT2D eigenvalue weighted by Gasteiger charge is -2.45. The van der Waals surface area contributed by atoms with Gasteiger partial charge in [0.1, 0.15) is 13.1 Å². The van der Waals surface area contributed by atoms with Crippen LogP contribution in [0.1, 0.15) is 38.5 Å². The average molecular weight is 268 g/mol. The standard InChI is InChI=1S/C11H20ClN2O.ClH/c12-11(15)14(9-5-2-6-10-14)13-7-3-1-4-8-13;/h1-10H2;1H/q+1;. The number of carbonyl (C=O) groups excluding carboxylic acids is 1. The first kappa shape index (κ1) is 14.2. The van der Waals surface area contributed by atoms with Crippen molar-refractivity contribution in [3.05, 3.63) is 0 Å². The summed E-state index contributed by atoms with van der Waals surface area (Å²) in [6.07, 6.45) is 7.24. The highest BCUT2D eigenvalue weighted by Crippen LogP contribution is 2.27. The molecule has 2 saturated heterocycles. The van der Waals surface area contributed by atoms with E-state index >= 15 is 0 Å². The Bertz CT molecular complexity index is 236. The first-order valence-electron chi connectivity index (χ1n) is 6.08. The maximum Gasteiger partial charge on any atom is 0.431 e. The van der Waals surface area contributed by atoms with Crippen LogP contribution in [0.4, 0.5) is 4.79 Å². The normalized spacial score (nSPS) is 25.8. The Balaban J connectivity index is 0.00000128. The van der Waals surface area contributed by atoms with Crippen LogP contribution >= 0.6 is 24.0 Å². The molecular formula is C11H21Cl2N2O+. The molecule has 0 bridgehead atoms. The molecule has 0 saturated carbocycles. The van der Waals surface area contributed by atoms with E-state index in [2.05, 4.69) is 5.01 Å². The predicted octanol–water partition coefficient (Wildman–Crippen LogP) is 3.17. The van der Waals surface area contributed by atoms with Crippen LogP contribution in [-0.2, 0) is 0 Å². The van der Waals surface area contributed by atoms with Crippen LogP contribution in [0, 0.1) is 0 Å². The van der Waals surface area contributed by atoms with Crippen LogP contribution in [0.5, 0.6) is 0 Å². The van der Waals surface area contributed by atoms with Gasteiger partial charge in [-0.3, -0.25) is 0 Å². The summed E-state index contributed by atoms with van der Waals surface area (Å²) < 4.78 is 0.432. The molecular weight excluding hydrogens is 247 g/mol. The fraction of sp³-hybridized carbons (Fsp3) is 0.909. The van der Waals surface area contributed by atoms with Gasteiger partial charge in [0.05, 0.1) is 0 Å².